The zero-order valence-corrected chi connectivity index (χ0v) is 6.49. The van der Waals surface area contributed by atoms with Crippen LogP contribution in [0.2, 0.25) is 0 Å². The lowest BCUT2D eigenvalue weighted by atomic mass is 10.2. The minimum absolute atomic E-state index is 0.953. The van der Waals surface area contributed by atoms with Crippen molar-refractivity contribution >= 4 is 0 Å². The van der Waals surface area contributed by atoms with Gasteiger partial charge in [-0.05, 0) is 18.9 Å². The normalized spacial score (nSPS) is 10.3. The van der Waals surface area contributed by atoms with Crippen LogP contribution in [0.4, 0.5) is 0 Å². The van der Waals surface area contributed by atoms with E-state index in [9.17, 15) is 0 Å². The molecule has 0 aliphatic carbocycles. The van der Waals surface area contributed by atoms with E-state index in [2.05, 4.69) is 31.8 Å². The highest BCUT2D eigenvalue weighted by Gasteiger charge is 1.74. The maximum Gasteiger partial charge on any atom is 0.00638 e. The number of hydrogen-bond acceptors (Lipinski definition) is 0. The topological polar surface area (TPSA) is 0 Å². The molecule has 0 amide bonds. The molecule has 50 valence electrons. The molecule has 9 heavy (non-hydrogen) atoms. The third kappa shape index (κ3) is 5.17. The molecule has 0 rings (SSSR count). The zero-order chi connectivity index (χ0) is 7.11. The van der Waals surface area contributed by atoms with Gasteiger partial charge in [0.1, 0.15) is 0 Å². The lowest BCUT2D eigenvalue weighted by molar-refractivity contribution is 1.20. The maximum absolute atomic E-state index is 3.04. The first-order valence-electron chi connectivity index (χ1n) is 3.46. The Morgan fingerprint density at radius 3 is 2.56 bits per heavy atom. The Balaban J connectivity index is 3.74. The van der Waals surface area contributed by atoms with E-state index in [0.29, 0.717) is 0 Å². The third-order valence-electron chi connectivity index (χ3n) is 0.973. The van der Waals surface area contributed by atoms with Crippen LogP contribution in [0.1, 0.15) is 33.6 Å². The summed E-state index contributed by atoms with van der Waals surface area (Å²) < 4.78 is 0. The molecule has 0 nitrogen and oxygen atoms in total. The highest BCUT2D eigenvalue weighted by molar-refractivity contribution is 5.25. The first kappa shape index (κ1) is 8.30. The van der Waals surface area contributed by atoms with E-state index in [1.165, 1.54) is 5.57 Å². The summed E-state index contributed by atoms with van der Waals surface area (Å²) in [5.74, 6) is 6.06. The Bertz CT molecular complexity index is 141. The van der Waals surface area contributed by atoms with Gasteiger partial charge in [-0.15, -0.1) is 0 Å². The molecule has 0 spiro atoms. The second-order valence-electron chi connectivity index (χ2n) is 1.95. The second-order valence-corrected chi connectivity index (χ2v) is 1.95. The molecule has 0 fully saturated rings. The van der Waals surface area contributed by atoms with Gasteiger partial charge in [0.2, 0.25) is 0 Å². The van der Waals surface area contributed by atoms with Crippen LogP contribution in [0.15, 0.2) is 11.6 Å². The molecule has 0 heterocycles. The van der Waals surface area contributed by atoms with Crippen molar-refractivity contribution in [2.75, 3.05) is 0 Å². The van der Waals surface area contributed by atoms with Gasteiger partial charge in [-0.25, -0.2) is 0 Å². The van der Waals surface area contributed by atoms with Crippen LogP contribution >= 0.6 is 0 Å². The molecule has 0 aromatic heterocycles. The third-order valence-corrected chi connectivity index (χ3v) is 0.973. The molecular formula is C9H14. The van der Waals surface area contributed by atoms with Crippen molar-refractivity contribution in [3.05, 3.63) is 11.6 Å². The molecule has 0 heteroatoms. The molecule has 0 aromatic carbocycles. The minimum atomic E-state index is 0.953. The SMILES string of the molecule is CCC#C/C(C)=C/CC. The highest BCUT2D eigenvalue weighted by atomic mass is 13.8. The van der Waals surface area contributed by atoms with Crippen molar-refractivity contribution in [2.45, 2.75) is 33.6 Å². The van der Waals surface area contributed by atoms with Crippen LogP contribution in [0, 0.1) is 11.8 Å². The van der Waals surface area contributed by atoms with E-state index in [4.69, 9.17) is 0 Å². The van der Waals surface area contributed by atoms with E-state index >= 15 is 0 Å². The van der Waals surface area contributed by atoms with Crippen molar-refractivity contribution in [2.24, 2.45) is 0 Å². The summed E-state index contributed by atoms with van der Waals surface area (Å²) in [5.41, 5.74) is 1.19. The Labute approximate surface area is 58.0 Å². The molecule has 0 aliphatic heterocycles. The molecule has 0 unspecified atom stereocenters. The minimum Gasteiger partial charge on any atom is -0.0985 e. The number of allylic oxidation sites excluding steroid dienone is 2. The summed E-state index contributed by atoms with van der Waals surface area (Å²) in [6.45, 7) is 6.23. The van der Waals surface area contributed by atoms with Crippen LogP contribution in [-0.4, -0.2) is 0 Å². The Morgan fingerprint density at radius 2 is 2.11 bits per heavy atom. The van der Waals surface area contributed by atoms with Gasteiger partial charge in [-0.2, -0.15) is 0 Å². The van der Waals surface area contributed by atoms with Crippen molar-refractivity contribution in [1.29, 1.82) is 0 Å². The molecule has 0 saturated heterocycles. The molecule has 0 bridgehead atoms. The summed E-state index contributed by atoms with van der Waals surface area (Å²) in [7, 11) is 0. The summed E-state index contributed by atoms with van der Waals surface area (Å²) in [5, 5.41) is 0. The standard InChI is InChI=1S/C9H14/c1-4-6-8-9(3)7-5-2/h7H,4-5H2,1-3H3/b9-7+. The summed E-state index contributed by atoms with van der Waals surface area (Å²) in [4.78, 5) is 0. The fraction of sp³-hybridized carbons (Fsp3) is 0.556. The molecule has 0 atom stereocenters. The van der Waals surface area contributed by atoms with Crippen molar-refractivity contribution in [3.63, 3.8) is 0 Å². The van der Waals surface area contributed by atoms with Gasteiger partial charge >= 0.3 is 0 Å². The quantitative estimate of drug-likeness (QED) is 0.469. The lowest BCUT2D eigenvalue weighted by Gasteiger charge is -1.82. The van der Waals surface area contributed by atoms with Crippen molar-refractivity contribution in [3.8, 4) is 11.8 Å². The second kappa shape index (κ2) is 5.44. The highest BCUT2D eigenvalue weighted by Crippen LogP contribution is 1.91. The zero-order valence-electron chi connectivity index (χ0n) is 6.49. The smallest absolute Gasteiger partial charge is 0.00638 e. The fourth-order valence-corrected chi connectivity index (χ4v) is 0.585. The van der Waals surface area contributed by atoms with Crippen LogP contribution in [0.3, 0.4) is 0 Å². The maximum atomic E-state index is 3.04. The Hall–Kier alpha value is -0.700. The largest absolute Gasteiger partial charge is 0.0985 e. The van der Waals surface area contributed by atoms with Crippen molar-refractivity contribution in [1.82, 2.24) is 0 Å². The Morgan fingerprint density at radius 1 is 1.44 bits per heavy atom. The van der Waals surface area contributed by atoms with E-state index in [1.807, 2.05) is 6.92 Å². The van der Waals surface area contributed by atoms with Gasteiger partial charge in [0, 0.05) is 6.42 Å². The van der Waals surface area contributed by atoms with Gasteiger partial charge in [-0.1, -0.05) is 31.8 Å². The average Bonchev–Trinajstić information content (AvgIpc) is 1.85. The molecule has 0 N–H and O–H groups in total. The first-order valence-corrected chi connectivity index (χ1v) is 3.46. The van der Waals surface area contributed by atoms with Crippen LogP contribution in [0.25, 0.3) is 0 Å². The Kier molecular flexibility index (Phi) is 5.01. The molecule has 0 aliphatic rings. The van der Waals surface area contributed by atoms with Gasteiger partial charge in [0.25, 0.3) is 0 Å². The predicted octanol–water partition coefficient (Wildman–Crippen LogP) is 2.76. The van der Waals surface area contributed by atoms with E-state index in [-0.39, 0.29) is 0 Å². The molecule has 0 aromatic rings. The van der Waals surface area contributed by atoms with Crippen molar-refractivity contribution < 1.29 is 0 Å². The first-order chi connectivity index (χ1) is 4.31. The molecule has 0 saturated carbocycles. The molecular weight excluding hydrogens is 108 g/mol. The van der Waals surface area contributed by atoms with E-state index in [0.717, 1.165) is 12.8 Å². The monoisotopic (exact) mass is 122 g/mol. The van der Waals surface area contributed by atoms with Gasteiger partial charge in [0.15, 0.2) is 0 Å². The van der Waals surface area contributed by atoms with Crippen LogP contribution in [0.5, 0.6) is 0 Å². The predicted molar refractivity (Wildman–Crippen MR) is 42.1 cm³/mol. The van der Waals surface area contributed by atoms with Crippen LogP contribution in [-0.2, 0) is 0 Å². The van der Waals surface area contributed by atoms with Gasteiger partial charge in [-0.3, -0.25) is 0 Å². The van der Waals surface area contributed by atoms with Gasteiger partial charge < -0.3 is 0 Å². The lowest BCUT2D eigenvalue weighted by Crippen LogP contribution is -1.66. The number of rotatable bonds is 1. The average molecular weight is 122 g/mol. The summed E-state index contributed by atoms with van der Waals surface area (Å²) in [6, 6.07) is 0. The number of hydrogen-bond donors (Lipinski definition) is 0. The van der Waals surface area contributed by atoms with Gasteiger partial charge in [0.05, 0.1) is 0 Å². The van der Waals surface area contributed by atoms with Crippen LogP contribution < -0.4 is 0 Å². The molecule has 0 radical (unpaired) electrons. The van der Waals surface area contributed by atoms with E-state index < -0.39 is 0 Å². The fourth-order valence-electron chi connectivity index (χ4n) is 0.585. The van der Waals surface area contributed by atoms with E-state index in [1.54, 1.807) is 0 Å². The summed E-state index contributed by atoms with van der Waals surface area (Å²) >= 11 is 0. The summed E-state index contributed by atoms with van der Waals surface area (Å²) in [6.07, 6.45) is 4.18.